The molecule has 8 aromatic rings. The van der Waals surface area contributed by atoms with E-state index >= 15 is 0 Å². The highest BCUT2D eigenvalue weighted by Crippen LogP contribution is 2.52. The first-order chi connectivity index (χ1) is 29.2. The van der Waals surface area contributed by atoms with Gasteiger partial charge >= 0.3 is 0 Å². The van der Waals surface area contributed by atoms with E-state index in [-0.39, 0.29) is 17.9 Å². The Morgan fingerprint density at radius 1 is 0.475 bits per heavy atom. The van der Waals surface area contributed by atoms with Crippen LogP contribution in [0.25, 0.3) is 77.3 Å². The Labute approximate surface area is 346 Å². The average molecular weight is 755 g/mol. The van der Waals surface area contributed by atoms with Crippen molar-refractivity contribution in [1.29, 1.82) is 0 Å². The summed E-state index contributed by atoms with van der Waals surface area (Å²) in [7, 11) is 0. The summed E-state index contributed by atoms with van der Waals surface area (Å²) < 4.78 is 0. The molecule has 59 heavy (non-hydrogen) atoms. The van der Waals surface area contributed by atoms with E-state index in [1.165, 1.54) is 77.2 Å². The number of nitrogens with zero attached hydrogens (tertiary/aromatic N) is 2. The van der Waals surface area contributed by atoms with Crippen LogP contribution in [0, 0.1) is 11.8 Å². The van der Waals surface area contributed by atoms with E-state index in [9.17, 15) is 0 Å². The van der Waals surface area contributed by atoms with Crippen molar-refractivity contribution >= 4 is 38.4 Å². The molecule has 0 saturated heterocycles. The number of aliphatic imine (C=N–C) groups is 1. The molecule has 0 radical (unpaired) electrons. The molecular formula is C57H42N2. The van der Waals surface area contributed by atoms with Crippen molar-refractivity contribution in [2.75, 3.05) is 0 Å². The van der Waals surface area contributed by atoms with Gasteiger partial charge in [-0.05, 0) is 103 Å². The van der Waals surface area contributed by atoms with E-state index in [0.29, 0.717) is 0 Å². The third kappa shape index (κ3) is 6.11. The number of hydrogen-bond acceptors (Lipinski definition) is 2. The molecule has 0 bridgehead atoms. The lowest BCUT2D eigenvalue weighted by Gasteiger charge is -2.37. The highest BCUT2D eigenvalue weighted by molar-refractivity contribution is 6.22. The van der Waals surface area contributed by atoms with Crippen molar-refractivity contribution in [3.8, 4) is 44.6 Å². The summed E-state index contributed by atoms with van der Waals surface area (Å²) in [6, 6.07) is 61.9. The normalized spacial score (nSPS) is 18.2. The zero-order chi connectivity index (χ0) is 39.3. The maximum atomic E-state index is 5.51. The van der Waals surface area contributed by atoms with Gasteiger partial charge in [0.1, 0.15) is 6.04 Å². The highest BCUT2D eigenvalue weighted by Gasteiger charge is 2.39. The van der Waals surface area contributed by atoms with Gasteiger partial charge in [0.05, 0.1) is 11.4 Å². The Balaban J connectivity index is 1.03. The van der Waals surface area contributed by atoms with Crippen LogP contribution in [0.5, 0.6) is 0 Å². The number of pyridine rings is 1. The van der Waals surface area contributed by atoms with Gasteiger partial charge in [0.2, 0.25) is 0 Å². The molecule has 3 unspecified atom stereocenters. The number of fused-ring (bicyclic) bond motifs is 5. The maximum absolute atomic E-state index is 5.51. The standard InChI is InChI=1S/C57H42N2/c1-37-26-32-48-54(42-20-10-4-11-21-42)55(43-22-12-5-13-23-43)49-34-35-51(59-57(49)56(48)58-37)39-29-27-38(28-30-39)44-31-33-47-50(36-44)53(41-18-8-3-9-19-41)46-25-15-14-24-45(46)52(47)40-16-6-2-7-17-40/h2-22,24-36,43,48,56H,23H2,1H3. The summed E-state index contributed by atoms with van der Waals surface area (Å²) >= 11 is 0. The molecule has 1 aromatic heterocycles. The van der Waals surface area contributed by atoms with Crippen molar-refractivity contribution in [3.05, 3.63) is 223 Å². The SMILES string of the molecule is CC1=NC2c3nc(-c4ccc(-c5ccc6c(-c7ccccc7)c7ccccc7c(-c7ccccc7)c6c5)cc4)ccc3C(C3C=CC=CC3)=C(c3ccccc3)C2C=C1. The molecule has 3 atom stereocenters. The third-order valence-electron chi connectivity index (χ3n) is 12.4. The van der Waals surface area contributed by atoms with E-state index in [4.69, 9.17) is 9.98 Å². The summed E-state index contributed by atoms with van der Waals surface area (Å²) in [4.78, 5) is 10.8. The van der Waals surface area contributed by atoms with Gasteiger partial charge in [-0.3, -0.25) is 4.99 Å². The molecule has 3 aliphatic rings. The van der Waals surface area contributed by atoms with Gasteiger partial charge in [-0.25, -0.2) is 4.98 Å². The first-order valence-electron chi connectivity index (χ1n) is 20.8. The lowest BCUT2D eigenvalue weighted by atomic mass is 9.69. The fourth-order valence-corrected chi connectivity index (χ4v) is 9.77. The number of rotatable bonds is 6. The van der Waals surface area contributed by atoms with Crippen LogP contribution in [0.4, 0.5) is 0 Å². The summed E-state index contributed by atoms with van der Waals surface area (Å²) in [5, 5.41) is 5.03. The van der Waals surface area contributed by atoms with Crippen molar-refractivity contribution in [2.45, 2.75) is 19.4 Å². The van der Waals surface area contributed by atoms with E-state index in [1.54, 1.807) is 0 Å². The van der Waals surface area contributed by atoms with Crippen LogP contribution < -0.4 is 0 Å². The van der Waals surface area contributed by atoms with Crippen LogP contribution in [0.2, 0.25) is 0 Å². The van der Waals surface area contributed by atoms with Crippen LogP contribution in [-0.2, 0) is 0 Å². The molecule has 7 aromatic carbocycles. The Bertz CT molecular complexity index is 3060. The molecule has 1 aliphatic heterocycles. The van der Waals surface area contributed by atoms with Gasteiger partial charge in [0, 0.05) is 28.7 Å². The van der Waals surface area contributed by atoms with E-state index in [2.05, 4.69) is 213 Å². The minimum Gasteiger partial charge on any atom is -0.279 e. The second-order valence-corrected chi connectivity index (χ2v) is 15.9. The smallest absolute Gasteiger partial charge is 0.103 e. The molecule has 2 heterocycles. The van der Waals surface area contributed by atoms with E-state index < -0.39 is 0 Å². The Kier molecular flexibility index (Phi) is 8.70. The van der Waals surface area contributed by atoms with Crippen molar-refractivity contribution in [1.82, 2.24) is 4.98 Å². The molecule has 2 nitrogen and oxygen atoms in total. The molecule has 2 aliphatic carbocycles. The predicted molar refractivity (Wildman–Crippen MR) is 249 cm³/mol. The van der Waals surface area contributed by atoms with Gasteiger partial charge < -0.3 is 0 Å². The van der Waals surface area contributed by atoms with Gasteiger partial charge in [-0.2, -0.15) is 0 Å². The Morgan fingerprint density at radius 3 is 1.73 bits per heavy atom. The van der Waals surface area contributed by atoms with Gasteiger partial charge in [-0.15, -0.1) is 0 Å². The minimum absolute atomic E-state index is 0.0791. The monoisotopic (exact) mass is 754 g/mol. The largest absolute Gasteiger partial charge is 0.279 e. The van der Waals surface area contributed by atoms with E-state index in [0.717, 1.165) is 29.1 Å². The second-order valence-electron chi connectivity index (χ2n) is 15.9. The molecule has 0 spiro atoms. The number of aromatic nitrogens is 1. The quantitative estimate of drug-likeness (QED) is 0.155. The van der Waals surface area contributed by atoms with Gasteiger partial charge in [-0.1, -0.05) is 188 Å². The zero-order valence-electron chi connectivity index (χ0n) is 33.0. The number of allylic oxidation sites excluding steroid dienone is 6. The molecule has 0 N–H and O–H groups in total. The average Bonchev–Trinajstić information content (AvgIpc) is 3.31. The minimum atomic E-state index is -0.0791. The fourth-order valence-electron chi connectivity index (χ4n) is 9.77. The highest BCUT2D eigenvalue weighted by atomic mass is 14.9. The number of benzene rings is 7. The zero-order valence-corrected chi connectivity index (χ0v) is 33.0. The summed E-state index contributed by atoms with van der Waals surface area (Å²) in [5.74, 6) is 0.384. The number of dihydropyridines is 1. The predicted octanol–water partition coefficient (Wildman–Crippen LogP) is 14.8. The van der Waals surface area contributed by atoms with Gasteiger partial charge in [0.15, 0.2) is 0 Å². The molecule has 2 heteroatoms. The van der Waals surface area contributed by atoms with E-state index in [1.807, 2.05) is 0 Å². The Morgan fingerprint density at radius 2 is 1.07 bits per heavy atom. The molecule has 0 saturated carbocycles. The molecule has 280 valence electrons. The van der Waals surface area contributed by atoms with Crippen LogP contribution in [0.15, 0.2) is 211 Å². The maximum Gasteiger partial charge on any atom is 0.103 e. The lowest BCUT2D eigenvalue weighted by molar-refractivity contribution is 0.596. The third-order valence-corrected chi connectivity index (χ3v) is 12.4. The van der Waals surface area contributed by atoms with Crippen LogP contribution in [0.1, 0.15) is 36.2 Å². The van der Waals surface area contributed by atoms with Crippen molar-refractivity contribution < 1.29 is 0 Å². The van der Waals surface area contributed by atoms with Crippen LogP contribution in [-0.4, -0.2) is 10.7 Å². The summed E-state index contributed by atoms with van der Waals surface area (Å²) in [6.45, 7) is 2.10. The Hall–Kier alpha value is -7.16. The fraction of sp³-hybridized carbons (Fsp3) is 0.0877. The van der Waals surface area contributed by atoms with Crippen LogP contribution >= 0.6 is 0 Å². The number of hydrogen-bond donors (Lipinski definition) is 0. The van der Waals surface area contributed by atoms with Crippen molar-refractivity contribution in [2.24, 2.45) is 16.8 Å². The lowest BCUT2D eigenvalue weighted by Crippen LogP contribution is -2.25. The summed E-state index contributed by atoms with van der Waals surface area (Å²) in [5.41, 5.74) is 16.8. The first kappa shape index (κ1) is 35.0. The molecule has 11 rings (SSSR count). The van der Waals surface area contributed by atoms with Crippen LogP contribution in [0.3, 0.4) is 0 Å². The molecule has 0 fully saturated rings. The second kappa shape index (κ2) is 14.7. The first-order valence-corrected chi connectivity index (χ1v) is 20.8. The topological polar surface area (TPSA) is 25.2 Å². The molecular weight excluding hydrogens is 713 g/mol. The van der Waals surface area contributed by atoms with Gasteiger partial charge in [0.25, 0.3) is 0 Å². The summed E-state index contributed by atoms with van der Waals surface area (Å²) in [6.07, 6.45) is 14.5. The van der Waals surface area contributed by atoms with Crippen molar-refractivity contribution in [3.63, 3.8) is 0 Å². The molecule has 0 amide bonds.